The number of ether oxygens (including phenoxy) is 1. The molecule has 6 nitrogen and oxygen atoms in total. The molecule has 1 aromatic carbocycles. The van der Waals surface area contributed by atoms with Crippen LogP contribution in [0, 0.1) is 20.8 Å². The minimum Gasteiger partial charge on any atom is -0.435 e. The second-order valence-corrected chi connectivity index (χ2v) is 7.56. The normalized spacial score (nSPS) is 11.4. The van der Waals surface area contributed by atoms with Gasteiger partial charge in [0.15, 0.2) is 5.13 Å². The summed E-state index contributed by atoms with van der Waals surface area (Å²) in [6, 6.07) is 6.22. The van der Waals surface area contributed by atoms with E-state index >= 15 is 0 Å². The van der Waals surface area contributed by atoms with Crippen LogP contribution in [0.5, 0.6) is 5.75 Å². The molecule has 0 spiro atoms. The zero-order valence-electron chi connectivity index (χ0n) is 16.4. The van der Waals surface area contributed by atoms with Crippen LogP contribution < -0.4 is 10.1 Å². The molecule has 3 rings (SSSR count). The lowest BCUT2D eigenvalue weighted by molar-refractivity contribution is -0.111. The first-order valence-electron chi connectivity index (χ1n) is 8.76. The highest BCUT2D eigenvalue weighted by atomic mass is 32.1. The van der Waals surface area contributed by atoms with Crippen molar-refractivity contribution in [1.29, 1.82) is 0 Å². The van der Waals surface area contributed by atoms with Crippen LogP contribution in [0.25, 0.3) is 17.3 Å². The van der Waals surface area contributed by atoms with Crippen LogP contribution in [0.2, 0.25) is 0 Å². The second kappa shape index (κ2) is 8.52. The van der Waals surface area contributed by atoms with Crippen molar-refractivity contribution in [2.24, 2.45) is 7.05 Å². The predicted octanol–water partition coefficient (Wildman–Crippen LogP) is 4.72. The number of aryl methyl sites for hydroxylation is 3. The topological polar surface area (TPSA) is 69.0 Å². The summed E-state index contributed by atoms with van der Waals surface area (Å²) in [6.45, 7) is 2.84. The molecule has 0 fully saturated rings. The van der Waals surface area contributed by atoms with Crippen LogP contribution >= 0.6 is 11.3 Å². The van der Waals surface area contributed by atoms with E-state index in [-0.39, 0.29) is 11.7 Å². The summed E-state index contributed by atoms with van der Waals surface area (Å²) < 4.78 is 30.7. The minimum absolute atomic E-state index is 0.0799. The van der Waals surface area contributed by atoms with E-state index in [1.807, 2.05) is 27.8 Å². The molecule has 0 unspecified atom stereocenters. The molecule has 1 amide bonds. The molecule has 0 bridgehead atoms. The smallest absolute Gasteiger partial charge is 0.387 e. The number of alkyl halides is 2. The van der Waals surface area contributed by atoms with E-state index in [2.05, 4.69) is 20.1 Å². The van der Waals surface area contributed by atoms with Crippen molar-refractivity contribution in [3.63, 3.8) is 0 Å². The number of halogens is 2. The molecule has 2 heterocycles. The molecule has 9 heteroatoms. The van der Waals surface area contributed by atoms with Crippen LogP contribution in [-0.4, -0.2) is 27.3 Å². The maximum atomic E-state index is 12.3. The van der Waals surface area contributed by atoms with E-state index in [4.69, 9.17) is 0 Å². The Morgan fingerprint density at radius 3 is 2.52 bits per heavy atom. The molecule has 3 aromatic rings. The van der Waals surface area contributed by atoms with Gasteiger partial charge in [-0.25, -0.2) is 4.98 Å². The van der Waals surface area contributed by atoms with E-state index in [1.165, 1.54) is 29.5 Å². The monoisotopic (exact) mass is 418 g/mol. The average molecular weight is 418 g/mol. The van der Waals surface area contributed by atoms with Gasteiger partial charge in [0.1, 0.15) is 5.75 Å². The molecule has 0 saturated heterocycles. The third-order valence-electron chi connectivity index (χ3n) is 4.35. The summed E-state index contributed by atoms with van der Waals surface area (Å²) in [4.78, 5) is 17.6. The summed E-state index contributed by atoms with van der Waals surface area (Å²) in [7, 11) is 1.85. The van der Waals surface area contributed by atoms with Crippen molar-refractivity contribution in [2.75, 3.05) is 5.32 Å². The van der Waals surface area contributed by atoms with Crippen molar-refractivity contribution in [1.82, 2.24) is 14.8 Å². The Labute approximate surface area is 170 Å². The Balaban J connectivity index is 1.71. The quantitative estimate of drug-likeness (QED) is 0.588. The van der Waals surface area contributed by atoms with Gasteiger partial charge >= 0.3 is 6.61 Å². The zero-order chi connectivity index (χ0) is 21.1. The SMILES string of the molecule is Cc1nn(C)c(C)c1/C=C/C(=O)Nc1nc(-c2ccc(OC(F)F)cc2)c(C)s1. The number of anilines is 1. The fraction of sp³-hybridized carbons (Fsp3) is 0.250. The summed E-state index contributed by atoms with van der Waals surface area (Å²) in [5.74, 6) is -0.218. The first-order chi connectivity index (χ1) is 13.7. The number of hydrogen-bond acceptors (Lipinski definition) is 5. The predicted molar refractivity (Wildman–Crippen MR) is 109 cm³/mol. The van der Waals surface area contributed by atoms with E-state index in [0.29, 0.717) is 10.8 Å². The van der Waals surface area contributed by atoms with Gasteiger partial charge in [0, 0.05) is 34.8 Å². The number of carbonyl (C=O) groups is 1. The molecule has 0 aliphatic heterocycles. The number of aromatic nitrogens is 3. The number of carbonyl (C=O) groups excluding carboxylic acids is 1. The Kier molecular flexibility index (Phi) is 6.07. The van der Waals surface area contributed by atoms with Crippen LogP contribution in [0.1, 0.15) is 21.8 Å². The van der Waals surface area contributed by atoms with Crippen molar-refractivity contribution >= 4 is 28.5 Å². The van der Waals surface area contributed by atoms with E-state index in [0.717, 1.165) is 27.4 Å². The van der Waals surface area contributed by atoms with Crippen molar-refractivity contribution in [2.45, 2.75) is 27.4 Å². The van der Waals surface area contributed by atoms with Crippen molar-refractivity contribution < 1.29 is 18.3 Å². The molecule has 29 heavy (non-hydrogen) atoms. The van der Waals surface area contributed by atoms with Crippen molar-refractivity contribution in [3.05, 3.63) is 52.2 Å². The summed E-state index contributed by atoms with van der Waals surface area (Å²) >= 11 is 1.34. The summed E-state index contributed by atoms with van der Waals surface area (Å²) in [5.41, 5.74) is 4.15. The number of thiazole rings is 1. The van der Waals surface area contributed by atoms with Crippen LogP contribution in [0.3, 0.4) is 0 Å². The second-order valence-electron chi connectivity index (χ2n) is 6.36. The minimum atomic E-state index is -2.86. The number of amides is 1. The van der Waals surface area contributed by atoms with Crippen molar-refractivity contribution in [3.8, 4) is 17.0 Å². The third kappa shape index (κ3) is 4.86. The molecule has 0 atom stereocenters. The van der Waals surface area contributed by atoms with Gasteiger partial charge < -0.3 is 4.74 Å². The van der Waals surface area contributed by atoms with Crippen LogP contribution in [-0.2, 0) is 11.8 Å². The molecular formula is C20H20F2N4O2S. The van der Waals surface area contributed by atoms with Crippen LogP contribution in [0.15, 0.2) is 30.3 Å². The van der Waals surface area contributed by atoms with Crippen LogP contribution in [0.4, 0.5) is 13.9 Å². The van der Waals surface area contributed by atoms with E-state index < -0.39 is 6.61 Å². The first-order valence-corrected chi connectivity index (χ1v) is 9.58. The molecule has 0 saturated carbocycles. The molecule has 152 valence electrons. The number of benzene rings is 1. The summed E-state index contributed by atoms with van der Waals surface area (Å²) in [5, 5.41) is 7.53. The molecule has 0 aliphatic carbocycles. The zero-order valence-corrected chi connectivity index (χ0v) is 17.2. The van der Waals surface area contributed by atoms with Gasteiger partial charge in [-0.3, -0.25) is 14.8 Å². The number of rotatable bonds is 6. The molecule has 0 radical (unpaired) electrons. The standard InChI is InChI=1S/C20H20F2N4O2S/c1-11-16(12(2)26(4)25-11)9-10-17(27)23-20-24-18(13(3)29-20)14-5-7-15(8-6-14)28-19(21)22/h5-10,19H,1-4H3,(H,23,24,27)/b10-9+. The van der Waals surface area contributed by atoms with Gasteiger partial charge in [-0.1, -0.05) is 0 Å². The maximum Gasteiger partial charge on any atom is 0.387 e. The Hall–Kier alpha value is -3.07. The van der Waals surface area contributed by atoms with Gasteiger partial charge in [0.25, 0.3) is 0 Å². The fourth-order valence-corrected chi connectivity index (χ4v) is 3.69. The number of nitrogens with zero attached hydrogens (tertiary/aromatic N) is 3. The molecule has 0 aliphatic rings. The Bertz CT molecular complexity index is 1060. The highest BCUT2D eigenvalue weighted by molar-refractivity contribution is 7.16. The number of nitrogens with one attached hydrogen (secondary N) is 1. The van der Waals surface area contributed by atoms with Gasteiger partial charge in [0.2, 0.25) is 5.91 Å². The number of hydrogen-bond donors (Lipinski definition) is 1. The van der Waals surface area contributed by atoms with Gasteiger partial charge in [0.05, 0.1) is 11.4 Å². The third-order valence-corrected chi connectivity index (χ3v) is 5.23. The molecular weight excluding hydrogens is 398 g/mol. The van der Waals surface area contributed by atoms with Gasteiger partial charge in [-0.05, 0) is 51.1 Å². The lowest BCUT2D eigenvalue weighted by Gasteiger charge is -2.05. The largest absolute Gasteiger partial charge is 0.435 e. The van der Waals surface area contributed by atoms with Gasteiger partial charge in [-0.15, -0.1) is 11.3 Å². The van der Waals surface area contributed by atoms with E-state index in [1.54, 1.807) is 22.9 Å². The Morgan fingerprint density at radius 1 is 1.24 bits per heavy atom. The lowest BCUT2D eigenvalue weighted by atomic mass is 10.1. The average Bonchev–Trinajstić information content (AvgIpc) is 3.12. The lowest BCUT2D eigenvalue weighted by Crippen LogP contribution is -2.07. The van der Waals surface area contributed by atoms with E-state index in [9.17, 15) is 13.6 Å². The summed E-state index contributed by atoms with van der Waals surface area (Å²) in [6.07, 6.45) is 3.18. The van der Waals surface area contributed by atoms with Gasteiger partial charge in [-0.2, -0.15) is 13.9 Å². The maximum absolute atomic E-state index is 12.3. The highest BCUT2D eigenvalue weighted by Gasteiger charge is 2.13. The highest BCUT2D eigenvalue weighted by Crippen LogP contribution is 2.31. The fourth-order valence-electron chi connectivity index (χ4n) is 2.85. The first kappa shape index (κ1) is 20.7. The molecule has 2 aromatic heterocycles. The molecule has 1 N–H and O–H groups in total. The Morgan fingerprint density at radius 2 is 1.93 bits per heavy atom.